The molecule has 0 amide bonds. The van der Waals surface area contributed by atoms with E-state index in [1.165, 1.54) is 0 Å². The molecule has 0 bridgehead atoms. The number of alkyl halides is 3. The number of nitrogens with zero attached hydrogens (tertiary/aromatic N) is 1. The number of nitrogens with two attached hydrogens (primary N) is 1. The molecule has 98 valence electrons. The second-order valence-corrected chi connectivity index (χ2v) is 3.58. The fourth-order valence-corrected chi connectivity index (χ4v) is 1.12. The van der Waals surface area contributed by atoms with Crippen LogP contribution in [0.15, 0.2) is 12.3 Å². The van der Waals surface area contributed by atoms with Crippen LogP contribution in [0.3, 0.4) is 0 Å². The van der Waals surface area contributed by atoms with Crippen molar-refractivity contribution in [2.75, 3.05) is 6.54 Å². The van der Waals surface area contributed by atoms with Gasteiger partial charge in [-0.05, 0) is 13.0 Å². The Hall–Kier alpha value is -0.720. The van der Waals surface area contributed by atoms with E-state index >= 15 is 0 Å². The SMILES string of the molecule is CC(CN)Oc1ncc(C(F)(F)F)cc1Cl.Cl. The van der Waals surface area contributed by atoms with E-state index < -0.39 is 11.7 Å². The van der Waals surface area contributed by atoms with Crippen LogP contribution in [0.1, 0.15) is 12.5 Å². The summed E-state index contributed by atoms with van der Waals surface area (Å²) >= 11 is 5.61. The number of hydrogen-bond acceptors (Lipinski definition) is 3. The molecule has 3 nitrogen and oxygen atoms in total. The maximum Gasteiger partial charge on any atom is 0.417 e. The van der Waals surface area contributed by atoms with Crippen LogP contribution in [0, 0.1) is 0 Å². The molecule has 2 N–H and O–H groups in total. The molecule has 0 radical (unpaired) electrons. The third-order valence-electron chi connectivity index (χ3n) is 1.78. The summed E-state index contributed by atoms with van der Waals surface area (Å²) in [7, 11) is 0. The Labute approximate surface area is 108 Å². The van der Waals surface area contributed by atoms with Crippen molar-refractivity contribution in [2.45, 2.75) is 19.2 Å². The summed E-state index contributed by atoms with van der Waals surface area (Å²) in [5.74, 6) is -0.0485. The number of rotatable bonds is 3. The molecule has 1 rings (SSSR count). The smallest absolute Gasteiger partial charge is 0.417 e. The summed E-state index contributed by atoms with van der Waals surface area (Å²) in [6.07, 6.45) is -4.15. The molecule has 0 fully saturated rings. The lowest BCUT2D eigenvalue weighted by Crippen LogP contribution is -2.23. The predicted molar refractivity (Wildman–Crippen MR) is 60.6 cm³/mol. The van der Waals surface area contributed by atoms with E-state index in [9.17, 15) is 13.2 Å². The Morgan fingerprint density at radius 3 is 2.53 bits per heavy atom. The molecule has 1 unspecified atom stereocenters. The van der Waals surface area contributed by atoms with Crippen LogP contribution < -0.4 is 10.5 Å². The molecule has 1 atom stereocenters. The molecule has 0 spiro atoms. The zero-order valence-electron chi connectivity index (χ0n) is 8.79. The Morgan fingerprint density at radius 2 is 2.12 bits per heavy atom. The quantitative estimate of drug-likeness (QED) is 0.931. The van der Waals surface area contributed by atoms with Gasteiger partial charge in [-0.2, -0.15) is 13.2 Å². The summed E-state index contributed by atoms with van der Waals surface area (Å²) in [5.41, 5.74) is 4.38. The maximum absolute atomic E-state index is 12.3. The van der Waals surface area contributed by atoms with Crippen LogP contribution >= 0.6 is 24.0 Å². The molecule has 1 heterocycles. The molecule has 1 aromatic rings. The number of hydrogen-bond donors (Lipinski definition) is 1. The minimum absolute atomic E-state index is 0. The van der Waals surface area contributed by atoms with E-state index in [0.717, 1.165) is 6.07 Å². The highest BCUT2D eigenvalue weighted by molar-refractivity contribution is 6.31. The fourth-order valence-electron chi connectivity index (χ4n) is 0.906. The Kier molecular flexibility index (Phi) is 6.01. The Morgan fingerprint density at radius 1 is 1.53 bits per heavy atom. The summed E-state index contributed by atoms with van der Waals surface area (Å²) in [6.45, 7) is 1.88. The summed E-state index contributed by atoms with van der Waals surface area (Å²) < 4.78 is 41.9. The number of pyridine rings is 1. The highest BCUT2D eigenvalue weighted by atomic mass is 35.5. The number of aromatic nitrogens is 1. The molecule has 0 saturated heterocycles. The van der Waals surface area contributed by atoms with E-state index in [-0.39, 0.29) is 36.0 Å². The molecule has 17 heavy (non-hydrogen) atoms. The molecule has 0 saturated carbocycles. The van der Waals surface area contributed by atoms with Gasteiger partial charge in [0, 0.05) is 12.7 Å². The first-order valence-corrected chi connectivity index (χ1v) is 4.82. The van der Waals surface area contributed by atoms with E-state index in [4.69, 9.17) is 22.1 Å². The van der Waals surface area contributed by atoms with Crippen molar-refractivity contribution in [3.63, 3.8) is 0 Å². The van der Waals surface area contributed by atoms with Gasteiger partial charge in [0.25, 0.3) is 0 Å². The van der Waals surface area contributed by atoms with Crippen molar-refractivity contribution in [3.05, 3.63) is 22.8 Å². The zero-order valence-corrected chi connectivity index (χ0v) is 10.4. The highest BCUT2D eigenvalue weighted by Gasteiger charge is 2.31. The van der Waals surface area contributed by atoms with Gasteiger partial charge in [-0.15, -0.1) is 12.4 Å². The second kappa shape index (κ2) is 6.28. The van der Waals surface area contributed by atoms with Gasteiger partial charge in [0.15, 0.2) is 0 Å². The van der Waals surface area contributed by atoms with Crippen molar-refractivity contribution in [2.24, 2.45) is 5.73 Å². The van der Waals surface area contributed by atoms with Crippen molar-refractivity contribution >= 4 is 24.0 Å². The Bertz CT molecular complexity index is 374. The van der Waals surface area contributed by atoms with Crippen LogP contribution in [-0.2, 0) is 6.18 Å². The minimum atomic E-state index is -4.46. The van der Waals surface area contributed by atoms with Gasteiger partial charge < -0.3 is 10.5 Å². The highest BCUT2D eigenvalue weighted by Crippen LogP contribution is 2.33. The number of ether oxygens (including phenoxy) is 1. The largest absolute Gasteiger partial charge is 0.472 e. The van der Waals surface area contributed by atoms with Crippen LogP contribution in [0.5, 0.6) is 5.88 Å². The molecule has 8 heteroatoms. The number of halogens is 5. The molecular formula is C9H11Cl2F3N2O. The maximum atomic E-state index is 12.3. The first kappa shape index (κ1) is 16.3. The van der Waals surface area contributed by atoms with Gasteiger partial charge in [-0.25, -0.2) is 4.98 Å². The summed E-state index contributed by atoms with van der Waals surface area (Å²) in [4.78, 5) is 3.50. The van der Waals surface area contributed by atoms with E-state index in [2.05, 4.69) is 4.98 Å². The normalized spacial score (nSPS) is 12.8. The average Bonchev–Trinajstić information content (AvgIpc) is 2.19. The first-order chi connectivity index (χ1) is 7.34. The molecule has 1 aromatic heterocycles. The van der Waals surface area contributed by atoms with E-state index in [1.54, 1.807) is 6.92 Å². The zero-order chi connectivity index (χ0) is 12.3. The van der Waals surface area contributed by atoms with Gasteiger partial charge in [-0.3, -0.25) is 0 Å². The van der Waals surface area contributed by atoms with Crippen LogP contribution in [-0.4, -0.2) is 17.6 Å². The van der Waals surface area contributed by atoms with E-state index in [0.29, 0.717) is 6.20 Å². The molecular weight excluding hydrogens is 280 g/mol. The molecule has 0 aromatic carbocycles. The molecule has 0 aliphatic heterocycles. The summed E-state index contributed by atoms with van der Waals surface area (Å²) in [5, 5.41) is -0.185. The lowest BCUT2D eigenvalue weighted by molar-refractivity contribution is -0.137. The van der Waals surface area contributed by atoms with Gasteiger partial charge in [0.05, 0.1) is 5.56 Å². The standard InChI is InChI=1S/C9H10ClF3N2O.ClH/c1-5(3-14)16-8-7(10)2-6(4-15-8)9(11,12)13;/h2,4-5H,3,14H2,1H3;1H. The van der Waals surface area contributed by atoms with Crippen molar-refractivity contribution < 1.29 is 17.9 Å². The molecule has 0 aliphatic carbocycles. The van der Waals surface area contributed by atoms with Gasteiger partial charge in [0.2, 0.25) is 5.88 Å². The third-order valence-corrected chi connectivity index (χ3v) is 2.05. The third kappa shape index (κ3) is 4.57. The first-order valence-electron chi connectivity index (χ1n) is 4.44. The Balaban J connectivity index is 0.00000256. The fraction of sp³-hybridized carbons (Fsp3) is 0.444. The van der Waals surface area contributed by atoms with E-state index in [1.807, 2.05) is 0 Å². The van der Waals surface area contributed by atoms with Crippen molar-refractivity contribution in [1.82, 2.24) is 4.98 Å². The van der Waals surface area contributed by atoms with Gasteiger partial charge in [-0.1, -0.05) is 11.6 Å². The van der Waals surface area contributed by atoms with Gasteiger partial charge in [0.1, 0.15) is 11.1 Å². The van der Waals surface area contributed by atoms with Crippen LogP contribution in [0.4, 0.5) is 13.2 Å². The summed E-state index contributed by atoms with van der Waals surface area (Å²) in [6, 6.07) is 0.771. The minimum Gasteiger partial charge on any atom is -0.472 e. The molecule has 0 aliphatic rings. The van der Waals surface area contributed by atoms with Crippen LogP contribution in [0.2, 0.25) is 5.02 Å². The topological polar surface area (TPSA) is 48.1 Å². The lowest BCUT2D eigenvalue weighted by Gasteiger charge is -2.13. The monoisotopic (exact) mass is 290 g/mol. The predicted octanol–water partition coefficient (Wildman–Crippen LogP) is 2.90. The van der Waals surface area contributed by atoms with Crippen molar-refractivity contribution in [3.8, 4) is 5.88 Å². The van der Waals surface area contributed by atoms with Crippen molar-refractivity contribution in [1.29, 1.82) is 0 Å². The van der Waals surface area contributed by atoms with Gasteiger partial charge >= 0.3 is 6.18 Å². The second-order valence-electron chi connectivity index (χ2n) is 3.17. The average molecular weight is 291 g/mol. The van der Waals surface area contributed by atoms with Crippen LogP contribution in [0.25, 0.3) is 0 Å². The lowest BCUT2D eigenvalue weighted by atomic mass is 10.3.